The van der Waals surface area contributed by atoms with Crippen molar-refractivity contribution in [3.63, 3.8) is 0 Å². The fourth-order valence-electron chi connectivity index (χ4n) is 6.52. The van der Waals surface area contributed by atoms with Crippen molar-refractivity contribution in [3.8, 4) is 23.0 Å². The molecule has 0 atom stereocenters. The lowest BCUT2D eigenvalue weighted by Crippen LogP contribution is -2.36. The minimum absolute atomic E-state index is 0.0517. The maximum atomic E-state index is 13.3. The number of rotatable bonds is 8. The molecule has 0 saturated carbocycles. The van der Waals surface area contributed by atoms with Gasteiger partial charge in [-0.15, -0.1) is 0 Å². The number of carbonyl (C=O) groups excluding carboxylic acids is 2. The van der Waals surface area contributed by atoms with Crippen molar-refractivity contribution in [2.24, 2.45) is 0 Å². The molecular formula is C37H44N2O6. The zero-order chi connectivity index (χ0) is 32.5. The normalized spacial score (nSPS) is 18.3. The van der Waals surface area contributed by atoms with Gasteiger partial charge in [-0.05, 0) is 64.1 Å². The average molecular weight is 613 g/mol. The zero-order valence-electron chi connectivity index (χ0n) is 27.7. The van der Waals surface area contributed by atoms with Crippen LogP contribution in [0.4, 0.5) is 0 Å². The highest BCUT2D eigenvalue weighted by atomic mass is 16.5. The predicted molar refractivity (Wildman–Crippen MR) is 177 cm³/mol. The Morgan fingerprint density at radius 1 is 0.600 bits per heavy atom. The molecule has 0 bridgehead atoms. The van der Waals surface area contributed by atoms with E-state index >= 15 is 0 Å². The minimum atomic E-state index is -0.289. The smallest absolute Gasteiger partial charge is 0.246 e. The van der Waals surface area contributed by atoms with Crippen LogP contribution in [0.5, 0.6) is 23.0 Å². The second kappa shape index (κ2) is 12.5. The van der Waals surface area contributed by atoms with E-state index in [9.17, 15) is 9.59 Å². The Hall–Kier alpha value is -4.46. The molecule has 5 rings (SSSR count). The number of hydrogen-bond acceptors (Lipinski definition) is 6. The number of benzene rings is 2. The predicted octanol–water partition coefficient (Wildman–Crippen LogP) is 5.94. The van der Waals surface area contributed by atoms with Gasteiger partial charge in [-0.1, -0.05) is 52.0 Å². The van der Waals surface area contributed by atoms with Gasteiger partial charge >= 0.3 is 0 Å². The van der Waals surface area contributed by atoms with Gasteiger partial charge in [0, 0.05) is 49.2 Å². The summed E-state index contributed by atoms with van der Waals surface area (Å²) in [5.41, 5.74) is 5.88. The molecule has 238 valence electrons. The first-order chi connectivity index (χ1) is 21.4. The van der Waals surface area contributed by atoms with Crippen molar-refractivity contribution in [2.75, 3.05) is 54.6 Å². The molecule has 0 unspecified atom stereocenters. The molecule has 0 spiro atoms. The SMILES string of the molecule is COc1cc2c(cc1OC)C(C)(C)C(C=CC(=O)N1CCCN(C(=O)C=CC3=Cc4cc(OC)c(OC)cc4C3(C)C)CC1)=C2. The number of allylic oxidation sites excluding steroid dienone is 4. The molecule has 0 N–H and O–H groups in total. The fraction of sp³-hybridized carbons (Fsp3) is 0.405. The van der Waals surface area contributed by atoms with E-state index < -0.39 is 0 Å². The first kappa shape index (κ1) is 31.9. The summed E-state index contributed by atoms with van der Waals surface area (Å²) in [7, 11) is 6.52. The Labute approximate surface area is 266 Å². The third kappa shape index (κ3) is 5.98. The standard InChI is InChI=1S/C37H44N2O6/c1-36(2)26(18-24-20-30(42-5)32(44-7)22-28(24)36)10-12-34(40)38-14-9-15-39(17-16-38)35(41)13-11-27-19-25-21-31(43-6)33(45-8)23-29(25)37(27,3)4/h10-13,18-23H,9,14-17H2,1-8H3. The summed E-state index contributed by atoms with van der Waals surface area (Å²) in [4.78, 5) is 30.2. The molecule has 8 heteroatoms. The van der Waals surface area contributed by atoms with Gasteiger partial charge in [0.15, 0.2) is 23.0 Å². The molecule has 1 heterocycles. The number of carbonyl (C=O) groups is 2. The largest absolute Gasteiger partial charge is 0.493 e. The molecule has 1 fully saturated rings. The topological polar surface area (TPSA) is 77.5 Å². The van der Waals surface area contributed by atoms with E-state index in [2.05, 4.69) is 39.8 Å². The lowest BCUT2D eigenvalue weighted by atomic mass is 9.81. The van der Waals surface area contributed by atoms with Crippen molar-refractivity contribution >= 4 is 24.0 Å². The Bertz CT molecular complexity index is 1510. The lowest BCUT2D eigenvalue weighted by Gasteiger charge is -2.24. The van der Waals surface area contributed by atoms with Crippen LogP contribution in [0.25, 0.3) is 12.2 Å². The van der Waals surface area contributed by atoms with Crippen LogP contribution in [0.15, 0.2) is 59.7 Å². The van der Waals surface area contributed by atoms with Gasteiger partial charge in [-0.2, -0.15) is 0 Å². The maximum Gasteiger partial charge on any atom is 0.246 e. The molecule has 1 aliphatic heterocycles. The van der Waals surface area contributed by atoms with Crippen molar-refractivity contribution < 1.29 is 28.5 Å². The van der Waals surface area contributed by atoms with E-state index in [1.165, 1.54) is 0 Å². The van der Waals surface area contributed by atoms with Gasteiger partial charge in [0.1, 0.15) is 0 Å². The molecule has 2 aromatic rings. The van der Waals surface area contributed by atoms with Gasteiger partial charge in [-0.3, -0.25) is 9.59 Å². The summed E-state index contributed by atoms with van der Waals surface area (Å²) in [6, 6.07) is 7.98. The van der Waals surface area contributed by atoms with Crippen molar-refractivity contribution in [3.05, 3.63) is 82.0 Å². The van der Waals surface area contributed by atoms with Gasteiger partial charge in [0.2, 0.25) is 11.8 Å². The third-order valence-electron chi connectivity index (χ3n) is 9.45. The van der Waals surface area contributed by atoms with E-state index in [4.69, 9.17) is 18.9 Å². The summed E-state index contributed by atoms with van der Waals surface area (Å²) in [6.07, 6.45) is 12.1. The highest BCUT2D eigenvalue weighted by Gasteiger charge is 2.34. The summed E-state index contributed by atoms with van der Waals surface area (Å²) < 4.78 is 22.0. The molecule has 8 nitrogen and oxygen atoms in total. The first-order valence-corrected chi connectivity index (χ1v) is 15.4. The Morgan fingerprint density at radius 3 is 1.31 bits per heavy atom. The fourth-order valence-corrected chi connectivity index (χ4v) is 6.52. The third-order valence-corrected chi connectivity index (χ3v) is 9.45. The summed E-state index contributed by atoms with van der Waals surface area (Å²) >= 11 is 0. The second-order valence-corrected chi connectivity index (χ2v) is 12.7. The molecule has 2 aliphatic carbocycles. The quantitative estimate of drug-likeness (QED) is 0.344. The second-order valence-electron chi connectivity index (χ2n) is 12.7. The first-order valence-electron chi connectivity index (χ1n) is 15.4. The van der Waals surface area contributed by atoms with Crippen LogP contribution in [-0.4, -0.2) is 76.2 Å². The molecule has 2 aromatic carbocycles. The van der Waals surface area contributed by atoms with E-state index in [0.717, 1.165) is 39.8 Å². The Morgan fingerprint density at radius 2 is 0.956 bits per heavy atom. The molecular weight excluding hydrogens is 568 g/mol. The Kier molecular flexibility index (Phi) is 8.88. The monoisotopic (exact) mass is 612 g/mol. The summed E-state index contributed by atoms with van der Waals surface area (Å²) in [5.74, 6) is 2.63. The van der Waals surface area contributed by atoms with Crippen LogP contribution in [0, 0.1) is 0 Å². The van der Waals surface area contributed by atoms with Crippen LogP contribution in [-0.2, 0) is 20.4 Å². The minimum Gasteiger partial charge on any atom is -0.493 e. The highest BCUT2D eigenvalue weighted by Crippen LogP contribution is 2.47. The van der Waals surface area contributed by atoms with E-state index in [0.29, 0.717) is 49.2 Å². The van der Waals surface area contributed by atoms with E-state index in [1.807, 2.05) is 46.2 Å². The van der Waals surface area contributed by atoms with Gasteiger partial charge in [0.25, 0.3) is 0 Å². The maximum absolute atomic E-state index is 13.3. The van der Waals surface area contributed by atoms with Crippen molar-refractivity contribution in [1.29, 1.82) is 0 Å². The molecule has 1 saturated heterocycles. The number of methoxy groups -OCH3 is 4. The van der Waals surface area contributed by atoms with Gasteiger partial charge < -0.3 is 28.7 Å². The van der Waals surface area contributed by atoms with Crippen LogP contribution < -0.4 is 18.9 Å². The zero-order valence-corrected chi connectivity index (χ0v) is 27.7. The van der Waals surface area contributed by atoms with Gasteiger partial charge in [0.05, 0.1) is 28.4 Å². The highest BCUT2D eigenvalue weighted by molar-refractivity contribution is 5.90. The molecule has 0 aromatic heterocycles. The van der Waals surface area contributed by atoms with Crippen molar-refractivity contribution in [2.45, 2.75) is 44.9 Å². The van der Waals surface area contributed by atoms with Crippen LogP contribution >= 0.6 is 0 Å². The van der Waals surface area contributed by atoms with Gasteiger partial charge in [-0.25, -0.2) is 0 Å². The number of fused-ring (bicyclic) bond motifs is 2. The van der Waals surface area contributed by atoms with Crippen LogP contribution in [0.2, 0.25) is 0 Å². The number of nitrogens with zero attached hydrogens (tertiary/aromatic N) is 2. The number of hydrogen-bond donors (Lipinski definition) is 0. The average Bonchev–Trinajstić information content (AvgIpc) is 3.27. The molecule has 2 amide bonds. The Balaban J connectivity index is 1.22. The summed E-state index contributed by atoms with van der Waals surface area (Å²) in [6.45, 7) is 10.7. The lowest BCUT2D eigenvalue weighted by molar-refractivity contribution is -0.128. The van der Waals surface area contributed by atoms with Crippen molar-refractivity contribution in [1.82, 2.24) is 9.80 Å². The number of ether oxygens (including phenoxy) is 4. The molecule has 0 radical (unpaired) electrons. The van der Waals surface area contributed by atoms with E-state index in [1.54, 1.807) is 40.6 Å². The molecule has 45 heavy (non-hydrogen) atoms. The summed E-state index contributed by atoms with van der Waals surface area (Å²) in [5, 5.41) is 0. The molecule has 3 aliphatic rings. The van der Waals surface area contributed by atoms with Crippen LogP contribution in [0.1, 0.15) is 56.4 Å². The van der Waals surface area contributed by atoms with Crippen LogP contribution in [0.3, 0.4) is 0 Å². The van der Waals surface area contributed by atoms with E-state index in [-0.39, 0.29) is 22.6 Å². The number of amides is 2.